The average molecular weight is 881 g/mol. The minimum atomic E-state index is -1.72. The van der Waals surface area contributed by atoms with Crippen LogP contribution in [0.2, 0.25) is 17.3 Å². The Morgan fingerprint density at radius 2 is 1.52 bits per heavy atom. The molecule has 3 aromatic heterocycles. The van der Waals surface area contributed by atoms with Gasteiger partial charge in [0.05, 0.1) is 0 Å². The predicted molar refractivity (Wildman–Crippen MR) is 207 cm³/mol. The Kier molecular flexibility index (Phi) is 9.62. The fourth-order valence-electron chi connectivity index (χ4n) is 6.02. The summed E-state index contributed by atoms with van der Waals surface area (Å²) in [5, 5.41) is 7.66. The van der Waals surface area contributed by atoms with Crippen LogP contribution in [0.25, 0.3) is 64.2 Å². The zero-order valence-electron chi connectivity index (χ0n) is 29.1. The molecule has 0 saturated carbocycles. The fraction of sp³-hybridized carbons (Fsp3) is 0.163. The molecule has 241 valence electrons. The number of rotatable bonds is 4. The first-order chi connectivity index (χ1) is 23.0. The van der Waals surface area contributed by atoms with Crippen LogP contribution in [0.5, 0.6) is 0 Å². The van der Waals surface area contributed by atoms with Crippen molar-refractivity contribution < 1.29 is 21.5 Å². The summed E-state index contributed by atoms with van der Waals surface area (Å²) in [6.07, 6.45) is 3.85. The van der Waals surface area contributed by atoms with Gasteiger partial charge in [0.2, 0.25) is 0 Å². The van der Waals surface area contributed by atoms with Gasteiger partial charge in [-0.1, -0.05) is 66.8 Å². The zero-order chi connectivity index (χ0) is 33.6. The van der Waals surface area contributed by atoms with Crippen LogP contribution >= 0.6 is 11.3 Å². The Hall–Kier alpha value is -3.67. The number of aromatic nitrogens is 2. The molecule has 0 fully saturated rings. The van der Waals surface area contributed by atoms with Crippen molar-refractivity contribution in [2.24, 2.45) is 0 Å². The third-order valence-electron chi connectivity index (χ3n) is 8.75. The van der Waals surface area contributed by atoms with Crippen LogP contribution in [0.1, 0.15) is 32.2 Å². The van der Waals surface area contributed by atoms with E-state index < -0.39 is 19.2 Å². The van der Waals surface area contributed by atoms with Gasteiger partial charge in [0, 0.05) is 32.4 Å². The average Bonchev–Trinajstić information content (AvgIpc) is 3.45. The molecule has 0 N–H and O–H groups in total. The van der Waals surface area contributed by atoms with E-state index in [1.807, 2.05) is 68.7 Å². The van der Waals surface area contributed by atoms with Crippen molar-refractivity contribution in [1.29, 1.82) is 0 Å². The second kappa shape index (κ2) is 14.1. The molecule has 8 rings (SSSR count). The number of fused-ring (bicyclic) bond motifs is 6. The number of hydrogen-bond acceptors (Lipinski definition) is 3. The summed E-state index contributed by atoms with van der Waals surface area (Å²) < 4.78 is 12.3. The Bertz CT molecular complexity index is 2430. The number of benzene rings is 5. The minimum Gasteiger partial charge on any atom is 0 e. The molecule has 5 heteroatoms. The van der Waals surface area contributed by atoms with Gasteiger partial charge in [0.15, 0.2) is 0 Å². The second-order valence-electron chi connectivity index (χ2n) is 13.4. The van der Waals surface area contributed by atoms with Crippen molar-refractivity contribution in [2.75, 3.05) is 0 Å². The Morgan fingerprint density at radius 3 is 2.25 bits per heavy atom. The van der Waals surface area contributed by atoms with Crippen molar-refractivity contribution >= 4 is 70.7 Å². The van der Waals surface area contributed by atoms with E-state index in [4.69, 9.17) is 1.37 Å². The molecule has 3 heterocycles. The van der Waals surface area contributed by atoms with Crippen molar-refractivity contribution in [1.82, 2.24) is 9.97 Å². The maximum Gasteiger partial charge on any atom is 0 e. The standard InChI is InChI=1S/C29H22NS.C14H16GeN.Ir/c1-17(2)20-11-12-30-27(15-20)23-6-4-5-22-26-14-21-10-9-19-8-7-18(3)13-24(19)25(21)16-28(26)31-29(22)23;1-15(2,3)13-9-10-14(16-11-13)12-7-5-4-6-8-12;/h4-5,7-17H,1-3H3;4-7,9-11H,1-3H3;/q2*-1;/i17D;;. The second-order valence-corrected chi connectivity index (χ2v) is 25.2. The molecule has 5 aromatic carbocycles. The van der Waals surface area contributed by atoms with Crippen LogP contribution in [-0.2, 0) is 20.1 Å². The molecule has 0 unspecified atom stereocenters. The summed E-state index contributed by atoms with van der Waals surface area (Å²) in [5.74, 6) is 6.48. The summed E-state index contributed by atoms with van der Waals surface area (Å²) in [6.45, 7) is 5.97. The van der Waals surface area contributed by atoms with Crippen LogP contribution in [-0.4, -0.2) is 23.2 Å². The number of aryl methyl sites for hydroxylation is 1. The minimum absolute atomic E-state index is 0. The van der Waals surface area contributed by atoms with E-state index in [0.717, 1.165) is 28.1 Å². The molecule has 0 bridgehead atoms. The summed E-state index contributed by atoms with van der Waals surface area (Å²) >= 11 is 0.0901. The topological polar surface area (TPSA) is 25.8 Å². The SMILES string of the molecule is [2H]C(C)(C)c1ccnc(-c2[c-]ccc3c2sc2cc4c(ccc5ccc(C)cc54)cc23)c1.[CH3][Ge]([CH3])([CH3])[c]1ccc(-c2[c-]cccc2)nc1.[Ir]. The summed E-state index contributed by atoms with van der Waals surface area (Å²) in [4.78, 5) is 9.17. The van der Waals surface area contributed by atoms with Gasteiger partial charge < -0.3 is 4.98 Å². The summed E-state index contributed by atoms with van der Waals surface area (Å²) in [7, 11) is 0. The number of thiophene rings is 1. The first-order valence-corrected chi connectivity index (χ1v) is 24.2. The van der Waals surface area contributed by atoms with E-state index in [-0.39, 0.29) is 20.1 Å². The molecule has 48 heavy (non-hydrogen) atoms. The first-order valence-electron chi connectivity index (χ1n) is 16.6. The monoisotopic (exact) mass is 882 g/mol. The van der Waals surface area contributed by atoms with E-state index >= 15 is 0 Å². The number of nitrogens with zero attached hydrogens (tertiary/aromatic N) is 2. The van der Waals surface area contributed by atoms with E-state index in [2.05, 4.69) is 107 Å². The fourth-order valence-corrected chi connectivity index (χ4v) is 9.42. The first kappa shape index (κ1) is 32.9. The predicted octanol–water partition coefficient (Wildman–Crippen LogP) is 11.7. The summed E-state index contributed by atoms with van der Waals surface area (Å²) in [6, 6.07) is 42.8. The van der Waals surface area contributed by atoms with Crippen molar-refractivity contribution in [2.45, 2.75) is 43.9 Å². The molecule has 0 saturated heterocycles. The molecule has 0 aliphatic rings. The Balaban J connectivity index is 0.000000208. The van der Waals surface area contributed by atoms with Crippen LogP contribution in [0.4, 0.5) is 0 Å². The Morgan fingerprint density at radius 1 is 0.729 bits per heavy atom. The van der Waals surface area contributed by atoms with E-state index in [1.54, 1.807) is 11.3 Å². The van der Waals surface area contributed by atoms with Crippen LogP contribution < -0.4 is 4.40 Å². The van der Waals surface area contributed by atoms with Crippen molar-refractivity contribution in [3.05, 3.63) is 139 Å². The third kappa shape index (κ3) is 6.91. The molecule has 2 nitrogen and oxygen atoms in total. The van der Waals surface area contributed by atoms with Gasteiger partial charge in [-0.25, -0.2) is 0 Å². The van der Waals surface area contributed by atoms with E-state index in [1.165, 1.54) is 51.7 Å². The van der Waals surface area contributed by atoms with Gasteiger partial charge in [-0.15, -0.1) is 23.8 Å². The van der Waals surface area contributed by atoms with Crippen LogP contribution in [0.15, 0.2) is 116 Å². The van der Waals surface area contributed by atoms with Gasteiger partial charge in [0.1, 0.15) is 0 Å². The number of hydrogen-bond donors (Lipinski definition) is 0. The van der Waals surface area contributed by atoms with Gasteiger partial charge in [-0.2, -0.15) is 11.3 Å². The molecular formula is C43H38GeIrN2S-2. The maximum absolute atomic E-state index is 8.41. The molecule has 0 aliphatic heterocycles. The van der Waals surface area contributed by atoms with Gasteiger partial charge >= 0.3 is 99.8 Å². The number of pyridine rings is 2. The van der Waals surface area contributed by atoms with Gasteiger partial charge in [-0.05, 0) is 68.3 Å². The van der Waals surface area contributed by atoms with Gasteiger partial charge in [0.25, 0.3) is 0 Å². The quantitative estimate of drug-likeness (QED) is 0.1000. The molecule has 0 aliphatic carbocycles. The van der Waals surface area contributed by atoms with Crippen LogP contribution in [0, 0.1) is 19.1 Å². The normalized spacial score (nSPS) is 12.1. The van der Waals surface area contributed by atoms with Gasteiger partial charge in [-0.3, -0.25) is 0 Å². The molecular weight excluding hydrogens is 841 g/mol. The largest absolute Gasteiger partial charge is 0 e. The summed E-state index contributed by atoms with van der Waals surface area (Å²) in [5.41, 5.74) is 6.21. The smallest absolute Gasteiger partial charge is 0 e. The molecule has 0 spiro atoms. The Labute approximate surface area is 305 Å². The molecule has 0 amide bonds. The third-order valence-corrected chi connectivity index (χ3v) is 14.2. The molecule has 0 atom stereocenters. The maximum atomic E-state index is 8.41. The zero-order valence-corrected chi connectivity index (χ0v) is 33.4. The van der Waals surface area contributed by atoms with E-state index in [9.17, 15) is 0 Å². The molecule has 1 radical (unpaired) electrons. The molecule has 8 aromatic rings. The van der Waals surface area contributed by atoms with E-state index in [0.29, 0.717) is 0 Å². The van der Waals surface area contributed by atoms with Crippen molar-refractivity contribution in [3.8, 4) is 22.5 Å². The van der Waals surface area contributed by atoms with Crippen LogP contribution in [0.3, 0.4) is 0 Å². The van der Waals surface area contributed by atoms with Crippen molar-refractivity contribution in [3.63, 3.8) is 0 Å².